The van der Waals surface area contributed by atoms with Gasteiger partial charge in [-0.25, -0.2) is 9.78 Å². The van der Waals surface area contributed by atoms with Crippen molar-refractivity contribution in [1.82, 2.24) is 9.88 Å². The number of carbonyl (C=O) groups is 2. The number of hydrogen-bond donors (Lipinski definition) is 2. The lowest BCUT2D eigenvalue weighted by Crippen LogP contribution is -2.43. The second kappa shape index (κ2) is 13.7. The predicted molar refractivity (Wildman–Crippen MR) is 178 cm³/mol. The molecule has 6 rings (SSSR count). The number of aromatic nitrogens is 1. The molecule has 2 aliphatic rings. The third kappa shape index (κ3) is 7.13. The van der Waals surface area contributed by atoms with Crippen LogP contribution in [0.1, 0.15) is 52.7 Å². The molecule has 3 N–H and O–H groups in total. The van der Waals surface area contributed by atoms with Gasteiger partial charge in [-0.05, 0) is 90.3 Å². The molecule has 0 spiro atoms. The summed E-state index contributed by atoms with van der Waals surface area (Å²) in [7, 11) is 1.43. The average molecular weight is 624 g/mol. The Hall–Kier alpha value is -4.40. The zero-order valence-corrected chi connectivity index (χ0v) is 26.2. The van der Waals surface area contributed by atoms with Crippen LogP contribution in [0.3, 0.4) is 0 Å². The smallest absolute Gasteiger partial charge is 0.410 e. The van der Waals surface area contributed by atoms with Crippen molar-refractivity contribution in [3.8, 4) is 11.1 Å². The van der Waals surface area contributed by atoms with Gasteiger partial charge >= 0.3 is 6.09 Å². The van der Waals surface area contributed by atoms with Gasteiger partial charge < -0.3 is 25.6 Å². The summed E-state index contributed by atoms with van der Waals surface area (Å²) in [5.41, 5.74) is 13.8. The van der Waals surface area contributed by atoms with Crippen LogP contribution in [0.15, 0.2) is 85.1 Å². The topological polar surface area (TPSA) is 101 Å². The van der Waals surface area contributed by atoms with Crippen molar-refractivity contribution >= 4 is 35.0 Å². The van der Waals surface area contributed by atoms with Crippen molar-refractivity contribution in [2.45, 2.75) is 57.3 Å². The summed E-state index contributed by atoms with van der Waals surface area (Å²) in [4.78, 5) is 34.4. The van der Waals surface area contributed by atoms with E-state index in [0.717, 1.165) is 67.6 Å². The van der Waals surface area contributed by atoms with Crippen LogP contribution in [-0.4, -0.2) is 47.6 Å². The molecule has 1 aliphatic heterocycles. The average Bonchev–Trinajstić information content (AvgIpc) is 3.07. The standard InChI is InChI=1S/C36H38ClN5O3/c1-45-36(44)42(31-13-11-30(38)12-14-31)22-24-5-4-8-26(19-24)27-9-15-33(41-18-17-25-6-2-3-7-29(25)23-41)32(20-27)40-35(43)28-10-16-34(37)39-21-28/h2-10,15-16,19-21,30-31H,11-14,17-18,22-23,38H2,1H3,(H,40,43). The highest BCUT2D eigenvalue weighted by molar-refractivity contribution is 6.29. The van der Waals surface area contributed by atoms with Crippen LogP contribution in [-0.2, 0) is 24.2 Å². The summed E-state index contributed by atoms with van der Waals surface area (Å²) in [5.74, 6) is -0.260. The Balaban J connectivity index is 1.30. The first-order valence-corrected chi connectivity index (χ1v) is 15.8. The maximum Gasteiger partial charge on any atom is 0.410 e. The Kier molecular flexibility index (Phi) is 9.33. The molecule has 0 unspecified atom stereocenters. The van der Waals surface area contributed by atoms with Crippen LogP contribution in [0.5, 0.6) is 0 Å². The van der Waals surface area contributed by atoms with Crippen LogP contribution < -0.4 is 16.0 Å². The molecule has 1 aliphatic carbocycles. The minimum Gasteiger partial charge on any atom is -0.453 e. The van der Waals surface area contributed by atoms with E-state index in [2.05, 4.69) is 57.7 Å². The van der Waals surface area contributed by atoms with E-state index in [4.69, 9.17) is 22.1 Å². The molecule has 0 saturated heterocycles. The molecule has 1 fully saturated rings. The van der Waals surface area contributed by atoms with E-state index in [-0.39, 0.29) is 24.1 Å². The number of methoxy groups -OCH3 is 1. The Morgan fingerprint density at radius 2 is 1.76 bits per heavy atom. The third-order valence-corrected chi connectivity index (χ3v) is 9.13. The van der Waals surface area contributed by atoms with E-state index in [1.807, 2.05) is 29.2 Å². The molecule has 0 bridgehead atoms. The van der Waals surface area contributed by atoms with Gasteiger partial charge in [-0.1, -0.05) is 60.1 Å². The number of pyridine rings is 1. The lowest BCUT2D eigenvalue weighted by Gasteiger charge is -2.35. The van der Waals surface area contributed by atoms with Gasteiger partial charge in [0.15, 0.2) is 0 Å². The molecule has 3 aromatic carbocycles. The van der Waals surface area contributed by atoms with Gasteiger partial charge in [0.2, 0.25) is 0 Å². The van der Waals surface area contributed by atoms with Gasteiger partial charge in [0.25, 0.3) is 5.91 Å². The van der Waals surface area contributed by atoms with Crippen LogP contribution in [0, 0.1) is 0 Å². The first-order valence-electron chi connectivity index (χ1n) is 15.5. The number of nitrogens with one attached hydrogen (secondary N) is 1. The monoisotopic (exact) mass is 623 g/mol. The van der Waals surface area contributed by atoms with Gasteiger partial charge in [0.05, 0.1) is 24.0 Å². The molecule has 9 heteroatoms. The SMILES string of the molecule is COC(=O)N(Cc1cccc(-c2ccc(N3CCc4ccccc4C3)c(NC(=O)c3ccc(Cl)nc3)c2)c1)C1CCC(N)CC1. The molecule has 45 heavy (non-hydrogen) atoms. The molecule has 0 atom stereocenters. The molecule has 8 nitrogen and oxygen atoms in total. The number of nitrogens with two attached hydrogens (primary N) is 1. The molecule has 1 aromatic heterocycles. The zero-order chi connectivity index (χ0) is 31.3. The summed E-state index contributed by atoms with van der Waals surface area (Å²) in [5, 5.41) is 3.48. The number of amides is 2. The predicted octanol–water partition coefficient (Wildman–Crippen LogP) is 7.06. The Morgan fingerprint density at radius 1 is 0.978 bits per heavy atom. The zero-order valence-electron chi connectivity index (χ0n) is 25.4. The van der Waals surface area contributed by atoms with Gasteiger partial charge in [-0.15, -0.1) is 0 Å². The fourth-order valence-electron chi connectivity index (χ4n) is 6.42. The lowest BCUT2D eigenvalue weighted by molar-refractivity contribution is 0.0879. The summed E-state index contributed by atoms with van der Waals surface area (Å²) in [6.07, 6.45) is 5.61. The molecule has 4 aromatic rings. The van der Waals surface area contributed by atoms with Crippen LogP contribution in [0.25, 0.3) is 11.1 Å². The Morgan fingerprint density at radius 3 is 2.51 bits per heavy atom. The van der Waals surface area contributed by atoms with Crippen LogP contribution in [0.2, 0.25) is 5.15 Å². The number of anilines is 2. The van der Waals surface area contributed by atoms with E-state index in [9.17, 15) is 9.59 Å². The van der Waals surface area contributed by atoms with Crippen molar-refractivity contribution in [2.24, 2.45) is 5.73 Å². The highest BCUT2D eigenvalue weighted by Crippen LogP contribution is 2.35. The number of benzene rings is 3. The first kappa shape index (κ1) is 30.6. The fourth-order valence-corrected chi connectivity index (χ4v) is 6.53. The third-order valence-electron chi connectivity index (χ3n) is 8.91. The highest BCUT2D eigenvalue weighted by atomic mass is 35.5. The van der Waals surface area contributed by atoms with Gasteiger partial charge in [0, 0.05) is 37.9 Å². The number of halogens is 1. The van der Waals surface area contributed by atoms with E-state index >= 15 is 0 Å². The van der Waals surface area contributed by atoms with Crippen LogP contribution >= 0.6 is 11.6 Å². The number of nitrogens with zero attached hydrogens (tertiary/aromatic N) is 3. The van der Waals surface area contributed by atoms with Crippen molar-refractivity contribution < 1.29 is 14.3 Å². The van der Waals surface area contributed by atoms with Crippen molar-refractivity contribution in [3.05, 3.63) is 112 Å². The van der Waals surface area contributed by atoms with Crippen molar-refractivity contribution in [2.75, 3.05) is 23.9 Å². The van der Waals surface area contributed by atoms with Gasteiger partial charge in [0.1, 0.15) is 5.15 Å². The van der Waals surface area contributed by atoms with Crippen molar-refractivity contribution in [1.29, 1.82) is 0 Å². The van der Waals surface area contributed by atoms with E-state index in [1.54, 1.807) is 12.1 Å². The number of hydrogen-bond acceptors (Lipinski definition) is 6. The quantitative estimate of drug-likeness (QED) is 0.214. The Labute approximate surface area is 269 Å². The molecule has 2 amide bonds. The van der Waals surface area contributed by atoms with E-state index < -0.39 is 0 Å². The fraction of sp³-hybridized carbons (Fsp3) is 0.306. The summed E-state index contributed by atoms with van der Waals surface area (Å²) >= 11 is 5.97. The summed E-state index contributed by atoms with van der Waals surface area (Å²) < 4.78 is 5.17. The molecular weight excluding hydrogens is 586 g/mol. The molecule has 1 saturated carbocycles. The molecular formula is C36H38ClN5O3. The number of carbonyl (C=O) groups excluding carboxylic acids is 2. The summed E-state index contributed by atoms with van der Waals surface area (Å²) in [6.45, 7) is 2.04. The number of fused-ring (bicyclic) bond motifs is 1. The maximum absolute atomic E-state index is 13.4. The van der Waals surface area contributed by atoms with Gasteiger partial charge in [-0.2, -0.15) is 0 Å². The second-order valence-electron chi connectivity index (χ2n) is 11.9. The number of ether oxygens (including phenoxy) is 1. The minimum absolute atomic E-state index is 0.0963. The van der Waals surface area contributed by atoms with Gasteiger partial charge in [-0.3, -0.25) is 4.79 Å². The van der Waals surface area contributed by atoms with E-state index in [1.165, 1.54) is 24.4 Å². The van der Waals surface area contributed by atoms with Crippen LogP contribution in [0.4, 0.5) is 16.2 Å². The largest absolute Gasteiger partial charge is 0.453 e. The van der Waals surface area contributed by atoms with E-state index in [0.29, 0.717) is 22.9 Å². The Bertz CT molecular complexity index is 1670. The molecule has 2 heterocycles. The normalized spacial score (nSPS) is 17.7. The minimum atomic E-state index is -0.324. The highest BCUT2D eigenvalue weighted by Gasteiger charge is 2.28. The molecule has 232 valence electrons. The first-order chi connectivity index (χ1) is 21.9. The number of rotatable bonds is 7. The summed E-state index contributed by atoms with van der Waals surface area (Å²) in [6, 6.07) is 26.5. The second-order valence-corrected chi connectivity index (χ2v) is 12.3. The van der Waals surface area contributed by atoms with Crippen molar-refractivity contribution in [3.63, 3.8) is 0 Å². The lowest BCUT2D eigenvalue weighted by atomic mass is 9.90. The maximum atomic E-state index is 13.4. The molecule has 0 radical (unpaired) electrons.